The molecule has 0 N–H and O–H groups in total. The van der Waals surface area contributed by atoms with Gasteiger partial charge < -0.3 is 4.74 Å². The van der Waals surface area contributed by atoms with E-state index in [0.29, 0.717) is 6.61 Å². The summed E-state index contributed by atoms with van der Waals surface area (Å²) in [6, 6.07) is 9.02. The van der Waals surface area contributed by atoms with E-state index in [1.165, 1.54) is 10.6 Å². The average molecular weight is 253 g/mol. The van der Waals surface area contributed by atoms with Crippen molar-refractivity contribution in [2.24, 2.45) is 0 Å². The van der Waals surface area contributed by atoms with Crippen molar-refractivity contribution in [3.05, 3.63) is 48.6 Å². The standard InChI is InChI=1S/C12H15NO3S/c1-3-11-9-16-12(13(11)17(2,14)15)10-7-5-4-6-8-10/h3-8,11-12H,1,9H2,2H3/t11-,12-/m0/s1. The van der Waals surface area contributed by atoms with Crippen LogP contribution in [0, 0.1) is 0 Å². The van der Waals surface area contributed by atoms with Gasteiger partial charge in [0, 0.05) is 0 Å². The fourth-order valence-corrected chi connectivity index (χ4v) is 3.13. The average Bonchev–Trinajstić information content (AvgIpc) is 2.73. The van der Waals surface area contributed by atoms with Gasteiger partial charge in [0.2, 0.25) is 10.0 Å². The molecular weight excluding hydrogens is 238 g/mol. The van der Waals surface area contributed by atoms with E-state index >= 15 is 0 Å². The molecule has 17 heavy (non-hydrogen) atoms. The van der Waals surface area contributed by atoms with Gasteiger partial charge in [-0.1, -0.05) is 36.4 Å². The summed E-state index contributed by atoms with van der Waals surface area (Å²) < 4.78 is 30.5. The molecule has 0 radical (unpaired) electrons. The smallest absolute Gasteiger partial charge is 0.214 e. The molecule has 0 bridgehead atoms. The molecule has 1 aromatic carbocycles. The summed E-state index contributed by atoms with van der Waals surface area (Å²) in [4.78, 5) is 0. The van der Waals surface area contributed by atoms with Crippen molar-refractivity contribution in [3.8, 4) is 0 Å². The van der Waals surface area contributed by atoms with E-state index in [4.69, 9.17) is 4.74 Å². The molecule has 2 rings (SSSR count). The summed E-state index contributed by atoms with van der Waals surface area (Å²) in [6.45, 7) is 3.99. The molecule has 4 nitrogen and oxygen atoms in total. The third-order valence-electron chi connectivity index (χ3n) is 2.72. The second kappa shape index (κ2) is 4.60. The van der Waals surface area contributed by atoms with Crippen molar-refractivity contribution >= 4 is 10.0 Å². The van der Waals surface area contributed by atoms with E-state index < -0.39 is 16.3 Å². The van der Waals surface area contributed by atoms with Gasteiger partial charge in [-0.2, -0.15) is 4.31 Å². The lowest BCUT2D eigenvalue weighted by Gasteiger charge is -2.24. The summed E-state index contributed by atoms with van der Waals surface area (Å²) in [7, 11) is -3.32. The normalized spacial score (nSPS) is 25.9. The third kappa shape index (κ3) is 2.41. The van der Waals surface area contributed by atoms with Gasteiger partial charge >= 0.3 is 0 Å². The summed E-state index contributed by atoms with van der Waals surface area (Å²) in [5, 5.41) is 0. The van der Waals surface area contributed by atoms with Crippen LogP contribution < -0.4 is 0 Å². The van der Waals surface area contributed by atoms with Gasteiger partial charge in [0.05, 0.1) is 18.9 Å². The van der Waals surface area contributed by atoms with Crippen molar-refractivity contribution in [1.82, 2.24) is 4.31 Å². The Morgan fingerprint density at radius 2 is 2.06 bits per heavy atom. The van der Waals surface area contributed by atoms with E-state index in [1.54, 1.807) is 6.08 Å². The van der Waals surface area contributed by atoms with E-state index in [2.05, 4.69) is 6.58 Å². The Kier molecular flexibility index (Phi) is 3.33. The van der Waals surface area contributed by atoms with Crippen LogP contribution in [0.15, 0.2) is 43.0 Å². The molecule has 0 saturated carbocycles. The fraction of sp³-hybridized carbons (Fsp3) is 0.333. The van der Waals surface area contributed by atoms with E-state index in [0.717, 1.165) is 5.56 Å². The Morgan fingerprint density at radius 1 is 1.41 bits per heavy atom. The molecule has 0 spiro atoms. The third-order valence-corrected chi connectivity index (χ3v) is 3.95. The lowest BCUT2D eigenvalue weighted by Crippen LogP contribution is -2.36. The summed E-state index contributed by atoms with van der Waals surface area (Å²) in [5.41, 5.74) is 0.835. The molecule has 0 amide bonds. The second-order valence-corrected chi connectivity index (χ2v) is 5.88. The monoisotopic (exact) mass is 253 g/mol. The lowest BCUT2D eigenvalue weighted by atomic mass is 10.2. The van der Waals surface area contributed by atoms with Crippen molar-refractivity contribution in [1.29, 1.82) is 0 Å². The molecule has 5 heteroatoms. The van der Waals surface area contributed by atoms with E-state index in [1.807, 2.05) is 30.3 Å². The Hall–Kier alpha value is -1.17. The van der Waals surface area contributed by atoms with Crippen molar-refractivity contribution in [2.75, 3.05) is 12.9 Å². The SMILES string of the molecule is C=C[C@H]1CO[C@@H](c2ccccc2)N1S(C)(=O)=O. The molecule has 1 saturated heterocycles. The number of benzene rings is 1. The molecule has 0 unspecified atom stereocenters. The molecule has 92 valence electrons. The highest BCUT2D eigenvalue weighted by atomic mass is 32.2. The minimum atomic E-state index is -3.32. The number of rotatable bonds is 3. The molecule has 1 aliphatic heterocycles. The Labute approximate surface area is 102 Å². The van der Waals surface area contributed by atoms with Gasteiger partial charge in [-0.05, 0) is 5.56 Å². The Bertz CT molecular complexity index is 498. The van der Waals surface area contributed by atoms with Crippen LogP contribution in [-0.4, -0.2) is 31.6 Å². The van der Waals surface area contributed by atoms with Crippen LogP contribution in [0.2, 0.25) is 0 Å². The van der Waals surface area contributed by atoms with Gasteiger partial charge in [-0.25, -0.2) is 8.42 Å². The van der Waals surface area contributed by atoms with Crippen LogP contribution in [0.5, 0.6) is 0 Å². The van der Waals surface area contributed by atoms with Crippen molar-refractivity contribution in [2.45, 2.75) is 12.3 Å². The first-order chi connectivity index (χ1) is 8.04. The quantitative estimate of drug-likeness (QED) is 0.767. The van der Waals surface area contributed by atoms with Crippen LogP contribution in [0.25, 0.3) is 0 Å². The predicted molar refractivity (Wildman–Crippen MR) is 65.8 cm³/mol. The molecule has 1 aromatic rings. The molecule has 1 aliphatic rings. The van der Waals surface area contributed by atoms with Crippen molar-refractivity contribution in [3.63, 3.8) is 0 Å². The van der Waals surface area contributed by atoms with Gasteiger partial charge in [0.1, 0.15) is 0 Å². The van der Waals surface area contributed by atoms with Crippen molar-refractivity contribution < 1.29 is 13.2 Å². The lowest BCUT2D eigenvalue weighted by molar-refractivity contribution is 0.0685. The topological polar surface area (TPSA) is 46.6 Å². The van der Waals surface area contributed by atoms with E-state index in [-0.39, 0.29) is 6.04 Å². The Balaban J connectivity index is 2.39. The molecule has 0 aliphatic carbocycles. The summed E-state index contributed by atoms with van der Waals surface area (Å²) in [6.07, 6.45) is 2.24. The van der Waals surface area contributed by atoms with Gasteiger partial charge in [-0.15, -0.1) is 6.58 Å². The Morgan fingerprint density at radius 3 is 2.59 bits per heavy atom. The second-order valence-electron chi connectivity index (χ2n) is 3.99. The van der Waals surface area contributed by atoms with Crippen LogP contribution >= 0.6 is 0 Å². The first kappa shape index (κ1) is 12.3. The van der Waals surface area contributed by atoms with Crippen LogP contribution in [0.3, 0.4) is 0 Å². The number of nitrogens with zero attached hydrogens (tertiary/aromatic N) is 1. The van der Waals surface area contributed by atoms with Gasteiger partial charge in [0.15, 0.2) is 6.23 Å². The highest BCUT2D eigenvalue weighted by Gasteiger charge is 2.39. The largest absolute Gasteiger partial charge is 0.356 e. The zero-order chi connectivity index (χ0) is 12.5. The maximum atomic E-state index is 11.8. The zero-order valence-electron chi connectivity index (χ0n) is 9.61. The predicted octanol–water partition coefficient (Wildman–Crippen LogP) is 1.53. The maximum absolute atomic E-state index is 11.8. The number of hydrogen-bond donors (Lipinski definition) is 0. The first-order valence-corrected chi connectivity index (χ1v) is 7.16. The van der Waals surface area contributed by atoms with Crippen LogP contribution in [-0.2, 0) is 14.8 Å². The van der Waals surface area contributed by atoms with Crippen LogP contribution in [0.4, 0.5) is 0 Å². The van der Waals surface area contributed by atoms with Gasteiger partial charge in [0.25, 0.3) is 0 Å². The zero-order valence-corrected chi connectivity index (χ0v) is 10.4. The summed E-state index contributed by atoms with van der Waals surface area (Å²) in [5.74, 6) is 0. The molecule has 1 fully saturated rings. The van der Waals surface area contributed by atoms with E-state index in [9.17, 15) is 8.42 Å². The highest BCUT2D eigenvalue weighted by molar-refractivity contribution is 7.88. The number of hydrogen-bond acceptors (Lipinski definition) is 3. The maximum Gasteiger partial charge on any atom is 0.214 e. The minimum absolute atomic E-state index is 0.296. The number of sulfonamides is 1. The fourth-order valence-electron chi connectivity index (χ4n) is 1.96. The number of ether oxygens (including phenoxy) is 1. The minimum Gasteiger partial charge on any atom is -0.356 e. The highest BCUT2D eigenvalue weighted by Crippen LogP contribution is 2.33. The molecule has 0 aromatic heterocycles. The first-order valence-electron chi connectivity index (χ1n) is 5.31. The summed E-state index contributed by atoms with van der Waals surface area (Å²) >= 11 is 0. The molecule has 1 heterocycles. The molecular formula is C12H15NO3S. The van der Waals surface area contributed by atoms with Crippen LogP contribution in [0.1, 0.15) is 11.8 Å². The molecule has 2 atom stereocenters. The van der Waals surface area contributed by atoms with Gasteiger partial charge in [-0.3, -0.25) is 0 Å².